The van der Waals surface area contributed by atoms with Crippen LogP contribution in [0, 0.1) is 5.92 Å². The van der Waals surface area contributed by atoms with Gasteiger partial charge in [-0.05, 0) is 31.2 Å². The second-order valence-electron chi connectivity index (χ2n) is 6.49. The van der Waals surface area contributed by atoms with Gasteiger partial charge in [0.2, 0.25) is 5.91 Å². The van der Waals surface area contributed by atoms with Crippen molar-refractivity contribution in [2.45, 2.75) is 19.4 Å². The van der Waals surface area contributed by atoms with E-state index in [-0.39, 0.29) is 24.0 Å². The van der Waals surface area contributed by atoms with Crippen LogP contribution in [0.1, 0.15) is 13.3 Å². The van der Waals surface area contributed by atoms with Gasteiger partial charge in [-0.2, -0.15) is 0 Å². The Morgan fingerprint density at radius 1 is 1.28 bits per heavy atom. The second kappa shape index (κ2) is 8.91. The van der Waals surface area contributed by atoms with E-state index in [0.717, 1.165) is 0 Å². The zero-order chi connectivity index (χ0) is 21.0. The molecule has 1 aliphatic heterocycles. The summed E-state index contributed by atoms with van der Waals surface area (Å²) in [5.74, 6) is -1.51. The third kappa shape index (κ3) is 4.65. The Hall–Kier alpha value is -3.13. The summed E-state index contributed by atoms with van der Waals surface area (Å²) in [5, 5.41) is 2.69. The molecule has 1 N–H and O–H groups in total. The molecule has 1 saturated heterocycles. The molecular formula is C20H20ClN3O5. The summed E-state index contributed by atoms with van der Waals surface area (Å²) >= 11 is 5.91. The van der Waals surface area contributed by atoms with E-state index in [2.05, 4.69) is 10.3 Å². The van der Waals surface area contributed by atoms with Gasteiger partial charge in [-0.3, -0.25) is 14.4 Å². The fourth-order valence-corrected chi connectivity index (χ4v) is 3.16. The van der Waals surface area contributed by atoms with Crippen LogP contribution < -0.4 is 15.0 Å². The zero-order valence-electron chi connectivity index (χ0n) is 15.9. The number of benzene rings is 1. The van der Waals surface area contributed by atoms with Crippen molar-refractivity contribution in [1.82, 2.24) is 4.98 Å². The monoisotopic (exact) mass is 417 g/mol. The third-order valence-electron chi connectivity index (χ3n) is 4.51. The Morgan fingerprint density at radius 2 is 2.03 bits per heavy atom. The van der Waals surface area contributed by atoms with Crippen molar-refractivity contribution < 1.29 is 23.9 Å². The van der Waals surface area contributed by atoms with Crippen LogP contribution in [-0.2, 0) is 19.1 Å². The lowest BCUT2D eigenvalue weighted by Crippen LogP contribution is -2.33. The number of halogens is 1. The molecule has 1 aromatic carbocycles. The summed E-state index contributed by atoms with van der Waals surface area (Å²) in [6.07, 6.45) is 0.431. The Kier molecular flexibility index (Phi) is 6.33. The molecule has 1 aliphatic rings. The highest BCUT2D eigenvalue weighted by Crippen LogP contribution is 2.33. The Morgan fingerprint density at radius 3 is 2.76 bits per heavy atom. The minimum absolute atomic E-state index is 0.000343. The van der Waals surface area contributed by atoms with E-state index in [4.69, 9.17) is 21.1 Å². The molecule has 0 spiro atoms. The lowest BCUT2D eigenvalue weighted by atomic mass is 10.1. The molecule has 0 unspecified atom stereocenters. The molecule has 0 saturated carbocycles. The fourth-order valence-electron chi connectivity index (χ4n) is 2.99. The van der Waals surface area contributed by atoms with Gasteiger partial charge in [0.05, 0.1) is 24.4 Å². The summed E-state index contributed by atoms with van der Waals surface area (Å²) in [5.41, 5.74) is 0.910. The number of para-hydroxylation sites is 2. The van der Waals surface area contributed by atoms with Crippen molar-refractivity contribution in [3.63, 3.8) is 0 Å². The Labute approximate surface area is 172 Å². The normalized spacial score (nSPS) is 17.0. The van der Waals surface area contributed by atoms with Crippen molar-refractivity contribution >= 4 is 40.8 Å². The number of hydrogen-bond acceptors (Lipinski definition) is 6. The van der Waals surface area contributed by atoms with Gasteiger partial charge in [0.25, 0.3) is 5.91 Å². The number of amides is 2. The van der Waals surface area contributed by atoms with Crippen molar-refractivity contribution in [2.75, 3.05) is 23.9 Å². The maximum atomic E-state index is 12.5. The lowest BCUT2D eigenvalue weighted by Gasteiger charge is -2.20. The molecule has 8 nitrogen and oxygen atoms in total. The average Bonchev–Trinajstić information content (AvgIpc) is 3.11. The predicted octanol–water partition coefficient (Wildman–Crippen LogP) is 2.67. The largest absolute Gasteiger partial charge is 0.495 e. The first kappa shape index (κ1) is 20.6. The van der Waals surface area contributed by atoms with Gasteiger partial charge in [-0.15, -0.1) is 0 Å². The van der Waals surface area contributed by atoms with Gasteiger partial charge in [-0.25, -0.2) is 4.98 Å². The summed E-state index contributed by atoms with van der Waals surface area (Å²) in [6.45, 7) is 1.60. The molecule has 29 heavy (non-hydrogen) atoms. The second-order valence-corrected chi connectivity index (χ2v) is 6.85. The van der Waals surface area contributed by atoms with E-state index in [1.165, 1.54) is 25.1 Å². The highest BCUT2D eigenvalue weighted by molar-refractivity contribution is 6.32. The predicted molar refractivity (Wildman–Crippen MR) is 107 cm³/mol. The molecule has 0 bridgehead atoms. The minimum atomic E-state index is -1.06. The molecule has 2 aromatic rings. The van der Waals surface area contributed by atoms with Crippen LogP contribution in [0.15, 0.2) is 42.6 Å². The summed E-state index contributed by atoms with van der Waals surface area (Å²) in [6, 6.07) is 10.3. The number of hydrogen-bond donors (Lipinski definition) is 1. The lowest BCUT2D eigenvalue weighted by molar-refractivity contribution is -0.157. The Bertz CT molecular complexity index is 936. The van der Waals surface area contributed by atoms with Crippen molar-refractivity contribution in [3.8, 4) is 5.75 Å². The first-order valence-electron chi connectivity index (χ1n) is 8.96. The molecule has 2 heterocycles. The smallest absolute Gasteiger partial charge is 0.312 e. The van der Waals surface area contributed by atoms with E-state index >= 15 is 0 Å². The number of nitrogens with one attached hydrogen (secondary N) is 1. The number of carbonyl (C=O) groups is 3. The van der Waals surface area contributed by atoms with Crippen molar-refractivity contribution in [1.29, 1.82) is 0 Å². The summed E-state index contributed by atoms with van der Waals surface area (Å²) < 4.78 is 10.6. The number of ether oxygens (including phenoxy) is 2. The molecular weight excluding hydrogens is 398 g/mol. The Balaban J connectivity index is 1.61. The standard InChI is InChI=1S/C20H20ClN3O5/c1-12(19(26)23-14-6-5-9-22-18(14)21)29-20(27)13-10-17(25)24(11-13)15-7-3-4-8-16(15)28-2/h3-9,12-13H,10-11H2,1-2H3,(H,23,26)/t12-,13+/m1/s1. The van der Waals surface area contributed by atoms with Gasteiger partial charge in [0, 0.05) is 19.2 Å². The van der Waals surface area contributed by atoms with Crippen LogP contribution in [0.4, 0.5) is 11.4 Å². The molecule has 152 valence electrons. The average molecular weight is 418 g/mol. The molecule has 2 amide bonds. The molecule has 9 heteroatoms. The highest BCUT2D eigenvalue weighted by Gasteiger charge is 2.38. The van der Waals surface area contributed by atoms with Crippen LogP contribution in [0.5, 0.6) is 5.75 Å². The van der Waals surface area contributed by atoms with Gasteiger partial charge >= 0.3 is 5.97 Å². The number of aromatic nitrogens is 1. The highest BCUT2D eigenvalue weighted by atomic mass is 35.5. The molecule has 1 aromatic heterocycles. The third-order valence-corrected chi connectivity index (χ3v) is 4.81. The van der Waals surface area contributed by atoms with E-state index in [0.29, 0.717) is 17.1 Å². The first-order chi connectivity index (χ1) is 13.9. The van der Waals surface area contributed by atoms with E-state index < -0.39 is 23.9 Å². The number of pyridine rings is 1. The number of carbonyl (C=O) groups excluding carboxylic acids is 3. The summed E-state index contributed by atoms with van der Waals surface area (Å²) in [7, 11) is 1.51. The van der Waals surface area contributed by atoms with Gasteiger partial charge in [0.15, 0.2) is 11.3 Å². The fraction of sp³-hybridized carbons (Fsp3) is 0.300. The van der Waals surface area contributed by atoms with E-state index in [1.54, 1.807) is 36.4 Å². The topological polar surface area (TPSA) is 97.8 Å². The van der Waals surface area contributed by atoms with Gasteiger partial charge in [0.1, 0.15) is 5.75 Å². The van der Waals surface area contributed by atoms with Gasteiger partial charge < -0.3 is 19.7 Å². The maximum absolute atomic E-state index is 12.5. The zero-order valence-corrected chi connectivity index (χ0v) is 16.7. The van der Waals surface area contributed by atoms with Crippen LogP contribution in [0.25, 0.3) is 0 Å². The van der Waals surface area contributed by atoms with E-state index in [9.17, 15) is 14.4 Å². The van der Waals surface area contributed by atoms with Crippen molar-refractivity contribution in [3.05, 3.63) is 47.7 Å². The van der Waals surface area contributed by atoms with Crippen LogP contribution in [-0.4, -0.2) is 42.5 Å². The molecule has 0 radical (unpaired) electrons. The number of nitrogens with zero attached hydrogens (tertiary/aromatic N) is 2. The number of esters is 1. The number of methoxy groups -OCH3 is 1. The van der Waals surface area contributed by atoms with Crippen LogP contribution in [0.2, 0.25) is 5.15 Å². The van der Waals surface area contributed by atoms with Crippen LogP contribution >= 0.6 is 11.6 Å². The molecule has 2 atom stereocenters. The number of rotatable bonds is 6. The molecule has 1 fully saturated rings. The molecule has 3 rings (SSSR count). The quantitative estimate of drug-likeness (QED) is 0.573. The number of anilines is 2. The SMILES string of the molecule is COc1ccccc1N1C[C@@H](C(=O)O[C@H](C)C(=O)Nc2cccnc2Cl)CC1=O. The first-order valence-corrected chi connectivity index (χ1v) is 9.33. The van der Waals surface area contributed by atoms with Gasteiger partial charge in [-0.1, -0.05) is 23.7 Å². The maximum Gasteiger partial charge on any atom is 0.312 e. The molecule has 0 aliphatic carbocycles. The van der Waals surface area contributed by atoms with Crippen molar-refractivity contribution in [2.24, 2.45) is 5.92 Å². The minimum Gasteiger partial charge on any atom is -0.495 e. The van der Waals surface area contributed by atoms with E-state index in [1.807, 2.05) is 0 Å². The van der Waals surface area contributed by atoms with Crippen LogP contribution in [0.3, 0.4) is 0 Å². The summed E-state index contributed by atoms with van der Waals surface area (Å²) in [4.78, 5) is 42.6.